The molecule has 0 radical (unpaired) electrons. The van der Waals surface area contributed by atoms with Crippen molar-refractivity contribution in [1.82, 2.24) is 14.9 Å². The van der Waals surface area contributed by atoms with E-state index in [0.29, 0.717) is 18.2 Å². The number of nitrogens with two attached hydrogens (primary N) is 1. The van der Waals surface area contributed by atoms with Gasteiger partial charge in [-0.05, 0) is 36.1 Å². The summed E-state index contributed by atoms with van der Waals surface area (Å²) >= 11 is 1.44. The lowest BCUT2D eigenvalue weighted by atomic mass is 9.94. The minimum absolute atomic E-state index is 0.201. The van der Waals surface area contributed by atoms with Crippen molar-refractivity contribution in [1.29, 1.82) is 0 Å². The van der Waals surface area contributed by atoms with Crippen LogP contribution in [-0.4, -0.2) is 39.3 Å². The van der Waals surface area contributed by atoms with Gasteiger partial charge in [-0.1, -0.05) is 6.42 Å². The molecule has 0 spiro atoms. The van der Waals surface area contributed by atoms with Crippen LogP contribution in [0.2, 0.25) is 0 Å². The Labute approximate surface area is 131 Å². The predicted octanol–water partition coefficient (Wildman–Crippen LogP) is 1.42. The molecule has 2 aromatic rings. The van der Waals surface area contributed by atoms with Gasteiger partial charge in [0.25, 0.3) is 5.91 Å². The van der Waals surface area contributed by atoms with Crippen molar-refractivity contribution in [3.63, 3.8) is 0 Å². The van der Waals surface area contributed by atoms with E-state index in [1.165, 1.54) is 17.7 Å². The number of amides is 2. The van der Waals surface area contributed by atoms with Crippen molar-refractivity contribution in [3.8, 4) is 0 Å². The van der Waals surface area contributed by atoms with Crippen LogP contribution in [0.3, 0.4) is 0 Å². The van der Waals surface area contributed by atoms with E-state index in [1.54, 1.807) is 4.90 Å². The van der Waals surface area contributed by atoms with Crippen LogP contribution in [0.15, 0.2) is 17.8 Å². The minimum atomic E-state index is -0.495. The molecular weight excluding hydrogens is 300 g/mol. The van der Waals surface area contributed by atoms with E-state index in [9.17, 15) is 9.59 Å². The second kappa shape index (κ2) is 5.01. The molecule has 1 saturated heterocycles. The molecule has 4 rings (SSSR count). The average Bonchev–Trinajstić information content (AvgIpc) is 3.19. The minimum Gasteiger partial charge on any atom is -0.368 e. The van der Waals surface area contributed by atoms with Gasteiger partial charge in [-0.3, -0.25) is 9.59 Å². The fourth-order valence-electron chi connectivity index (χ4n) is 3.96. The van der Waals surface area contributed by atoms with Crippen molar-refractivity contribution in [2.45, 2.75) is 25.3 Å². The van der Waals surface area contributed by atoms with Crippen molar-refractivity contribution in [3.05, 3.63) is 23.5 Å². The van der Waals surface area contributed by atoms with Crippen LogP contribution in [0.25, 0.3) is 10.2 Å². The Hall–Kier alpha value is -2.02. The number of aromatic nitrogens is 2. The highest BCUT2D eigenvalue weighted by atomic mass is 32.1. The molecule has 1 saturated carbocycles. The van der Waals surface area contributed by atoms with Crippen molar-refractivity contribution < 1.29 is 9.59 Å². The largest absolute Gasteiger partial charge is 0.368 e. The maximum Gasteiger partial charge on any atom is 0.274 e. The topological polar surface area (TPSA) is 89.2 Å². The molecule has 2 aromatic heterocycles. The van der Waals surface area contributed by atoms with E-state index in [2.05, 4.69) is 9.97 Å². The lowest BCUT2D eigenvalue weighted by molar-refractivity contribution is -0.122. The van der Waals surface area contributed by atoms with E-state index < -0.39 is 11.9 Å². The number of hydrogen-bond donors (Lipinski definition) is 1. The van der Waals surface area contributed by atoms with Crippen LogP contribution in [0, 0.1) is 11.8 Å². The molecule has 0 unspecified atom stereocenters. The maximum atomic E-state index is 12.9. The smallest absolute Gasteiger partial charge is 0.274 e. The molecule has 1 aliphatic carbocycles. The predicted molar refractivity (Wildman–Crippen MR) is 82.3 cm³/mol. The number of carbonyl (C=O) groups is 2. The first-order valence-corrected chi connectivity index (χ1v) is 8.33. The van der Waals surface area contributed by atoms with E-state index in [1.807, 2.05) is 11.4 Å². The zero-order chi connectivity index (χ0) is 15.3. The summed E-state index contributed by atoms with van der Waals surface area (Å²) in [4.78, 5) is 34.8. The van der Waals surface area contributed by atoms with Gasteiger partial charge < -0.3 is 10.6 Å². The summed E-state index contributed by atoms with van der Waals surface area (Å²) in [6.07, 6.45) is 4.55. The monoisotopic (exact) mass is 316 g/mol. The lowest BCUT2D eigenvalue weighted by Gasteiger charge is -2.25. The Morgan fingerprint density at radius 2 is 2.18 bits per heavy atom. The van der Waals surface area contributed by atoms with Gasteiger partial charge in [0.1, 0.15) is 18.1 Å². The Morgan fingerprint density at radius 1 is 1.32 bits per heavy atom. The zero-order valence-corrected chi connectivity index (χ0v) is 12.8. The Bertz CT molecular complexity index is 759. The number of rotatable bonds is 2. The van der Waals surface area contributed by atoms with Crippen LogP contribution in [0.1, 0.15) is 29.8 Å². The third-order valence-electron chi connectivity index (χ3n) is 4.89. The first-order valence-electron chi connectivity index (χ1n) is 7.45. The second-order valence-electron chi connectivity index (χ2n) is 6.02. The summed E-state index contributed by atoms with van der Waals surface area (Å²) in [5, 5.41) is 1.89. The summed E-state index contributed by atoms with van der Waals surface area (Å²) in [7, 11) is 0. The molecule has 7 heteroatoms. The van der Waals surface area contributed by atoms with E-state index in [-0.39, 0.29) is 11.8 Å². The van der Waals surface area contributed by atoms with Gasteiger partial charge in [-0.15, -0.1) is 11.3 Å². The van der Waals surface area contributed by atoms with Gasteiger partial charge in [0.15, 0.2) is 0 Å². The normalized spacial score (nSPS) is 27.3. The quantitative estimate of drug-likeness (QED) is 0.907. The van der Waals surface area contributed by atoms with Gasteiger partial charge in [-0.25, -0.2) is 9.97 Å². The highest BCUT2D eigenvalue weighted by molar-refractivity contribution is 7.17. The molecule has 2 aliphatic rings. The average molecular weight is 316 g/mol. The van der Waals surface area contributed by atoms with Gasteiger partial charge in [0, 0.05) is 6.54 Å². The van der Waals surface area contributed by atoms with Gasteiger partial charge in [-0.2, -0.15) is 0 Å². The fourth-order valence-corrected chi connectivity index (χ4v) is 4.78. The summed E-state index contributed by atoms with van der Waals surface area (Å²) in [6, 6.07) is 1.37. The molecule has 6 nitrogen and oxygen atoms in total. The summed E-state index contributed by atoms with van der Waals surface area (Å²) in [5.74, 6) is -0.00323. The molecule has 3 atom stereocenters. The van der Waals surface area contributed by atoms with Crippen LogP contribution < -0.4 is 5.73 Å². The van der Waals surface area contributed by atoms with E-state index >= 15 is 0 Å². The SMILES string of the molecule is NC(=O)[C@@H]1[C@H]2CCC[C@H]2CN1C(=O)c1ncnc2ccsc12. The second-order valence-corrected chi connectivity index (χ2v) is 6.93. The van der Waals surface area contributed by atoms with Crippen LogP contribution in [-0.2, 0) is 4.79 Å². The molecule has 2 N–H and O–H groups in total. The third-order valence-corrected chi connectivity index (χ3v) is 5.80. The molecule has 22 heavy (non-hydrogen) atoms. The highest BCUT2D eigenvalue weighted by Gasteiger charge is 2.49. The standard InChI is InChI=1S/C15H16N4O2S/c16-14(20)12-9-3-1-2-8(9)6-19(12)15(21)11-13-10(4-5-22-13)17-7-18-11/h4-5,7-9,12H,1-3,6H2,(H2,16,20)/t8-,9-,12-/m0/s1. The van der Waals surface area contributed by atoms with Gasteiger partial charge >= 0.3 is 0 Å². The maximum absolute atomic E-state index is 12.9. The Morgan fingerprint density at radius 3 is 3.00 bits per heavy atom. The Balaban J connectivity index is 1.73. The number of fused-ring (bicyclic) bond motifs is 2. The van der Waals surface area contributed by atoms with Crippen LogP contribution in [0.5, 0.6) is 0 Å². The first-order chi connectivity index (χ1) is 10.7. The van der Waals surface area contributed by atoms with Gasteiger partial charge in [0.05, 0.1) is 10.2 Å². The van der Waals surface area contributed by atoms with Crippen LogP contribution in [0.4, 0.5) is 0 Å². The summed E-state index contributed by atoms with van der Waals surface area (Å²) < 4.78 is 0.771. The number of nitrogens with zero attached hydrogens (tertiary/aromatic N) is 3. The molecule has 114 valence electrons. The molecule has 1 aliphatic heterocycles. The molecule has 2 fully saturated rings. The zero-order valence-electron chi connectivity index (χ0n) is 11.9. The van der Waals surface area contributed by atoms with Crippen molar-refractivity contribution in [2.75, 3.05) is 6.54 Å². The summed E-state index contributed by atoms with van der Waals surface area (Å²) in [6.45, 7) is 0.605. The number of thiophene rings is 1. The fraction of sp³-hybridized carbons (Fsp3) is 0.467. The van der Waals surface area contributed by atoms with Crippen LogP contribution >= 0.6 is 11.3 Å². The molecule has 0 aromatic carbocycles. The number of primary amides is 1. The van der Waals surface area contributed by atoms with Crippen molar-refractivity contribution in [2.24, 2.45) is 17.6 Å². The van der Waals surface area contributed by atoms with Crippen molar-refractivity contribution >= 4 is 33.4 Å². The molecule has 2 amide bonds. The molecule has 3 heterocycles. The lowest BCUT2D eigenvalue weighted by Crippen LogP contribution is -2.46. The van der Waals surface area contributed by atoms with Gasteiger partial charge in [0.2, 0.25) is 5.91 Å². The number of hydrogen-bond acceptors (Lipinski definition) is 5. The summed E-state index contributed by atoms with van der Waals surface area (Å²) in [5.41, 5.74) is 6.73. The highest BCUT2D eigenvalue weighted by Crippen LogP contribution is 2.42. The number of likely N-dealkylation sites (tertiary alicyclic amines) is 1. The number of carbonyl (C=O) groups excluding carboxylic acids is 2. The van der Waals surface area contributed by atoms with E-state index in [4.69, 9.17) is 5.73 Å². The molecular formula is C15H16N4O2S. The Kier molecular flexibility index (Phi) is 3.11. The third kappa shape index (κ3) is 1.92. The van der Waals surface area contributed by atoms with E-state index in [0.717, 1.165) is 29.5 Å². The first kappa shape index (κ1) is 13.6. The molecule has 0 bridgehead atoms.